The number of aryl methyl sites for hydroxylation is 1. The van der Waals surface area contributed by atoms with Crippen LogP contribution < -0.4 is 5.32 Å². The molecule has 0 aromatic carbocycles. The van der Waals surface area contributed by atoms with E-state index in [2.05, 4.69) is 21.4 Å². The maximum atomic E-state index is 12.4. The summed E-state index contributed by atoms with van der Waals surface area (Å²) < 4.78 is 5.30. The molecule has 4 rings (SSSR count). The molecule has 1 N–H and O–H groups in total. The second-order valence-electron chi connectivity index (χ2n) is 6.51. The highest BCUT2D eigenvalue weighted by Gasteiger charge is 2.17. The molecular formula is C19H22N4O2. The summed E-state index contributed by atoms with van der Waals surface area (Å²) in [5.74, 6) is 1.12. The highest BCUT2D eigenvalue weighted by atomic mass is 16.5. The standard InChI is InChI=1S/C19H22N4O2/c24-18(23-4-6-25-7-5-23)9-14-8-16(12-20-11-14)17-10-15-2-1-3-21-19(15)22-13-17/h8,10-13H,1-7,9H2,(H,21,22). The molecule has 2 aromatic heterocycles. The van der Waals surface area contributed by atoms with Crippen molar-refractivity contribution in [2.45, 2.75) is 19.3 Å². The van der Waals surface area contributed by atoms with Gasteiger partial charge < -0.3 is 15.0 Å². The summed E-state index contributed by atoms with van der Waals surface area (Å²) >= 11 is 0. The number of nitrogens with zero attached hydrogens (tertiary/aromatic N) is 3. The third-order valence-corrected chi connectivity index (χ3v) is 4.73. The van der Waals surface area contributed by atoms with Gasteiger partial charge in [0.2, 0.25) is 5.91 Å². The van der Waals surface area contributed by atoms with Gasteiger partial charge in [0.15, 0.2) is 0 Å². The van der Waals surface area contributed by atoms with Crippen molar-refractivity contribution in [2.24, 2.45) is 0 Å². The number of rotatable bonds is 3. The number of aromatic nitrogens is 2. The molecule has 0 bridgehead atoms. The normalized spacial score (nSPS) is 16.9. The van der Waals surface area contributed by atoms with Gasteiger partial charge in [-0.1, -0.05) is 0 Å². The molecule has 0 saturated carbocycles. The highest BCUT2D eigenvalue weighted by molar-refractivity contribution is 5.79. The summed E-state index contributed by atoms with van der Waals surface area (Å²) in [5, 5.41) is 3.33. The molecule has 130 valence electrons. The van der Waals surface area contributed by atoms with Gasteiger partial charge in [0.05, 0.1) is 19.6 Å². The Morgan fingerprint density at radius 1 is 1.16 bits per heavy atom. The van der Waals surface area contributed by atoms with Gasteiger partial charge in [-0.3, -0.25) is 9.78 Å². The quantitative estimate of drug-likeness (QED) is 0.926. The van der Waals surface area contributed by atoms with Crippen LogP contribution in [0.3, 0.4) is 0 Å². The Bertz CT molecular complexity index is 772. The third-order valence-electron chi connectivity index (χ3n) is 4.73. The van der Waals surface area contributed by atoms with Crippen molar-refractivity contribution in [2.75, 3.05) is 38.2 Å². The summed E-state index contributed by atoms with van der Waals surface area (Å²) in [4.78, 5) is 23.2. The molecule has 25 heavy (non-hydrogen) atoms. The summed E-state index contributed by atoms with van der Waals surface area (Å²) in [6.07, 6.45) is 8.04. The molecule has 0 aliphatic carbocycles. The first-order valence-corrected chi connectivity index (χ1v) is 8.82. The first kappa shape index (κ1) is 16.0. The molecule has 2 aliphatic heterocycles. The van der Waals surface area contributed by atoms with Crippen LogP contribution in [0.1, 0.15) is 17.5 Å². The van der Waals surface area contributed by atoms with E-state index in [1.54, 1.807) is 6.20 Å². The zero-order chi connectivity index (χ0) is 17.1. The SMILES string of the molecule is O=C(Cc1cncc(-c2cnc3c(c2)CCCN3)c1)N1CCOCC1. The minimum atomic E-state index is 0.134. The van der Waals surface area contributed by atoms with Gasteiger partial charge in [0.25, 0.3) is 0 Å². The Morgan fingerprint density at radius 3 is 2.88 bits per heavy atom. The van der Waals surface area contributed by atoms with E-state index in [1.165, 1.54) is 5.56 Å². The molecule has 0 radical (unpaired) electrons. The molecule has 1 amide bonds. The van der Waals surface area contributed by atoms with Crippen molar-refractivity contribution in [3.05, 3.63) is 41.9 Å². The number of anilines is 1. The number of amides is 1. The number of hydrogen-bond acceptors (Lipinski definition) is 5. The van der Waals surface area contributed by atoms with Crippen molar-refractivity contribution in [3.8, 4) is 11.1 Å². The first-order chi connectivity index (χ1) is 12.3. The van der Waals surface area contributed by atoms with Gasteiger partial charge >= 0.3 is 0 Å². The van der Waals surface area contributed by atoms with Crippen molar-refractivity contribution in [1.82, 2.24) is 14.9 Å². The van der Waals surface area contributed by atoms with Gasteiger partial charge in [0.1, 0.15) is 5.82 Å². The van der Waals surface area contributed by atoms with E-state index in [0.29, 0.717) is 32.7 Å². The van der Waals surface area contributed by atoms with E-state index in [4.69, 9.17) is 4.74 Å². The topological polar surface area (TPSA) is 67.4 Å². The Labute approximate surface area is 147 Å². The predicted molar refractivity (Wildman–Crippen MR) is 95.4 cm³/mol. The highest BCUT2D eigenvalue weighted by Crippen LogP contribution is 2.26. The van der Waals surface area contributed by atoms with Crippen LogP contribution in [0, 0.1) is 0 Å². The summed E-state index contributed by atoms with van der Waals surface area (Å²) in [6, 6.07) is 4.23. The number of hydrogen-bond donors (Lipinski definition) is 1. The van der Waals surface area contributed by atoms with Gasteiger partial charge in [-0.25, -0.2) is 4.98 Å². The fraction of sp³-hybridized carbons (Fsp3) is 0.421. The lowest BCUT2D eigenvalue weighted by Gasteiger charge is -2.26. The summed E-state index contributed by atoms with van der Waals surface area (Å²) in [7, 11) is 0. The van der Waals surface area contributed by atoms with Crippen molar-refractivity contribution in [3.63, 3.8) is 0 Å². The Morgan fingerprint density at radius 2 is 2.00 bits per heavy atom. The predicted octanol–water partition coefficient (Wildman–Crippen LogP) is 1.90. The van der Waals surface area contributed by atoms with Crippen LogP contribution in [0.4, 0.5) is 5.82 Å². The lowest BCUT2D eigenvalue weighted by molar-refractivity contribution is -0.134. The van der Waals surface area contributed by atoms with E-state index in [-0.39, 0.29) is 5.91 Å². The average Bonchev–Trinajstić information content (AvgIpc) is 2.68. The minimum Gasteiger partial charge on any atom is -0.378 e. The van der Waals surface area contributed by atoms with Gasteiger partial charge in [0, 0.05) is 49.4 Å². The summed E-state index contributed by atoms with van der Waals surface area (Å²) in [6.45, 7) is 3.58. The number of ether oxygens (including phenoxy) is 1. The number of pyridine rings is 2. The summed E-state index contributed by atoms with van der Waals surface area (Å²) in [5.41, 5.74) is 4.24. The molecule has 6 heteroatoms. The molecule has 1 fully saturated rings. The fourth-order valence-corrected chi connectivity index (χ4v) is 3.34. The average molecular weight is 338 g/mol. The lowest BCUT2D eigenvalue weighted by Crippen LogP contribution is -2.41. The second kappa shape index (κ2) is 7.19. The van der Waals surface area contributed by atoms with Gasteiger partial charge in [-0.15, -0.1) is 0 Å². The van der Waals surface area contributed by atoms with Crippen LogP contribution in [0.15, 0.2) is 30.7 Å². The van der Waals surface area contributed by atoms with Crippen LogP contribution in [-0.2, 0) is 22.4 Å². The fourth-order valence-electron chi connectivity index (χ4n) is 3.34. The monoisotopic (exact) mass is 338 g/mol. The molecule has 2 aromatic rings. The molecule has 2 aliphatic rings. The van der Waals surface area contributed by atoms with Crippen LogP contribution >= 0.6 is 0 Å². The van der Waals surface area contributed by atoms with Gasteiger partial charge in [-0.05, 0) is 36.1 Å². The smallest absolute Gasteiger partial charge is 0.227 e. The minimum absolute atomic E-state index is 0.134. The molecule has 0 atom stereocenters. The molecule has 0 spiro atoms. The maximum Gasteiger partial charge on any atom is 0.227 e. The molecular weight excluding hydrogens is 316 g/mol. The van der Waals surface area contributed by atoms with Crippen molar-refractivity contribution in [1.29, 1.82) is 0 Å². The first-order valence-electron chi connectivity index (χ1n) is 8.82. The molecule has 1 saturated heterocycles. The number of carbonyl (C=O) groups excluding carboxylic acids is 1. The van der Waals surface area contributed by atoms with Crippen molar-refractivity contribution < 1.29 is 9.53 Å². The van der Waals surface area contributed by atoms with E-state index in [0.717, 1.165) is 41.9 Å². The Kier molecular flexibility index (Phi) is 4.61. The van der Waals surface area contributed by atoms with E-state index in [1.807, 2.05) is 23.4 Å². The molecule has 6 nitrogen and oxygen atoms in total. The zero-order valence-corrected chi connectivity index (χ0v) is 14.2. The van der Waals surface area contributed by atoms with E-state index >= 15 is 0 Å². The zero-order valence-electron chi connectivity index (χ0n) is 14.2. The van der Waals surface area contributed by atoms with Crippen LogP contribution in [0.5, 0.6) is 0 Å². The van der Waals surface area contributed by atoms with E-state index < -0.39 is 0 Å². The van der Waals surface area contributed by atoms with E-state index in [9.17, 15) is 4.79 Å². The van der Waals surface area contributed by atoms with Crippen molar-refractivity contribution >= 4 is 11.7 Å². The van der Waals surface area contributed by atoms with Gasteiger partial charge in [-0.2, -0.15) is 0 Å². The Hall–Kier alpha value is -2.47. The third kappa shape index (κ3) is 3.64. The number of carbonyl (C=O) groups is 1. The lowest BCUT2D eigenvalue weighted by atomic mass is 10.0. The van der Waals surface area contributed by atoms with Crippen LogP contribution in [0.2, 0.25) is 0 Å². The van der Waals surface area contributed by atoms with Crippen LogP contribution in [0.25, 0.3) is 11.1 Å². The molecule has 0 unspecified atom stereocenters. The number of fused-ring (bicyclic) bond motifs is 1. The maximum absolute atomic E-state index is 12.4. The number of nitrogens with one attached hydrogen (secondary N) is 1. The Balaban J connectivity index is 1.52. The second-order valence-corrected chi connectivity index (χ2v) is 6.51. The van der Waals surface area contributed by atoms with Crippen LogP contribution in [-0.4, -0.2) is 53.6 Å². The molecule has 4 heterocycles. The largest absolute Gasteiger partial charge is 0.378 e. The number of morpholine rings is 1.